The topological polar surface area (TPSA) is 44.3 Å². The van der Waals surface area contributed by atoms with E-state index in [0.717, 1.165) is 0 Å². The molecule has 0 spiro atoms. The van der Waals surface area contributed by atoms with Crippen molar-refractivity contribution in [3.63, 3.8) is 0 Å². The van der Waals surface area contributed by atoms with Gasteiger partial charge in [-0.1, -0.05) is 6.07 Å². The molecule has 0 fully saturated rings. The molecule has 0 heterocycles. The van der Waals surface area contributed by atoms with Gasteiger partial charge < -0.3 is 9.29 Å². The van der Waals surface area contributed by atoms with Crippen LogP contribution in [0.3, 0.4) is 0 Å². The maximum atomic E-state index is 13.8. The van der Waals surface area contributed by atoms with Crippen molar-refractivity contribution in [1.82, 2.24) is 4.72 Å². The highest BCUT2D eigenvalue weighted by Gasteiger charge is 2.28. The van der Waals surface area contributed by atoms with E-state index in [9.17, 15) is 17.7 Å². The van der Waals surface area contributed by atoms with Gasteiger partial charge in [0.05, 0.1) is 6.04 Å². The molecule has 1 N–H and O–H groups in total. The average molecular weight is 323 g/mol. The summed E-state index contributed by atoms with van der Waals surface area (Å²) in [6.07, 6.45) is -2.65. The quantitative estimate of drug-likeness (QED) is 0.814. The van der Waals surface area contributed by atoms with Crippen molar-refractivity contribution in [3.8, 4) is 5.75 Å². The van der Waals surface area contributed by atoms with Gasteiger partial charge in [-0.2, -0.15) is 0 Å². The Morgan fingerprint density at radius 1 is 1.33 bits per heavy atom. The van der Waals surface area contributed by atoms with Crippen LogP contribution >= 0.6 is 0 Å². The summed E-state index contributed by atoms with van der Waals surface area (Å²) in [5.41, 5.74) is 0.564. The Balaban J connectivity index is 2.74. The second-order valence-electron chi connectivity index (χ2n) is 5.61. The van der Waals surface area contributed by atoms with Gasteiger partial charge in [0.1, 0.15) is 11.4 Å². The van der Waals surface area contributed by atoms with Crippen LogP contribution < -0.4 is 9.46 Å². The summed E-state index contributed by atoms with van der Waals surface area (Å²) in [5, 5.41) is 0. The zero-order chi connectivity index (χ0) is 16.2. The van der Waals surface area contributed by atoms with Crippen LogP contribution in [-0.2, 0) is 11.4 Å². The summed E-state index contributed by atoms with van der Waals surface area (Å²) >= 11 is -1.29. The summed E-state index contributed by atoms with van der Waals surface area (Å²) in [6, 6.07) is 3.70. The van der Waals surface area contributed by atoms with E-state index < -0.39 is 35.0 Å². The van der Waals surface area contributed by atoms with Crippen molar-refractivity contribution in [1.29, 1.82) is 0 Å². The normalized spacial score (nSPS) is 15.1. The average Bonchev–Trinajstić information content (AvgIpc) is 2.35. The van der Waals surface area contributed by atoms with Gasteiger partial charge in [-0.25, -0.2) is 13.2 Å². The van der Waals surface area contributed by atoms with E-state index in [1.807, 2.05) is 20.8 Å². The number of halogens is 3. The van der Waals surface area contributed by atoms with Crippen molar-refractivity contribution in [2.75, 3.05) is 6.61 Å². The van der Waals surface area contributed by atoms with Crippen LogP contribution in [-0.4, -0.2) is 22.3 Å². The molecule has 0 saturated heterocycles. The molecule has 1 aromatic carbocycles. The van der Waals surface area contributed by atoms with Crippen LogP contribution in [0.4, 0.5) is 13.2 Å². The molecule has 0 aliphatic carbocycles. The summed E-state index contributed by atoms with van der Waals surface area (Å²) in [6.45, 7) is 6.37. The van der Waals surface area contributed by atoms with Gasteiger partial charge in [-0.05, 0) is 45.4 Å². The Kier molecular flexibility index (Phi) is 6.37. The van der Waals surface area contributed by atoms with Crippen LogP contribution in [0.15, 0.2) is 18.2 Å². The lowest BCUT2D eigenvalue weighted by atomic mass is 10.1. The molecule has 2 atom stereocenters. The van der Waals surface area contributed by atoms with Crippen molar-refractivity contribution in [2.24, 2.45) is 0 Å². The highest BCUT2D eigenvalue weighted by Crippen LogP contribution is 2.24. The van der Waals surface area contributed by atoms with Crippen molar-refractivity contribution in [3.05, 3.63) is 29.6 Å². The number of hydrogen-bond acceptors (Lipinski definition) is 3. The summed E-state index contributed by atoms with van der Waals surface area (Å²) in [5.74, 6) is -0.938. The zero-order valence-electron chi connectivity index (χ0n) is 12.5. The molecule has 0 aliphatic heterocycles. The van der Waals surface area contributed by atoms with E-state index in [4.69, 9.17) is 0 Å². The largest absolute Gasteiger partial charge is 0.598 e. The number of hydrogen-bond donors (Lipinski definition) is 1. The lowest BCUT2D eigenvalue weighted by Crippen LogP contribution is -2.40. The summed E-state index contributed by atoms with van der Waals surface area (Å²) in [4.78, 5) is 0. The molecule has 3 nitrogen and oxygen atoms in total. The monoisotopic (exact) mass is 323 g/mol. The second-order valence-corrected chi connectivity index (χ2v) is 7.61. The Morgan fingerprint density at radius 2 is 1.95 bits per heavy atom. The van der Waals surface area contributed by atoms with E-state index in [1.165, 1.54) is 12.1 Å². The lowest BCUT2D eigenvalue weighted by Gasteiger charge is -2.26. The van der Waals surface area contributed by atoms with Crippen molar-refractivity contribution < 1.29 is 22.5 Å². The first-order valence-electron chi connectivity index (χ1n) is 6.49. The summed E-state index contributed by atoms with van der Waals surface area (Å²) < 4.78 is 56.9. The van der Waals surface area contributed by atoms with Crippen molar-refractivity contribution in [2.45, 2.75) is 44.9 Å². The third-order valence-electron chi connectivity index (χ3n) is 2.66. The van der Waals surface area contributed by atoms with E-state index >= 15 is 0 Å². The van der Waals surface area contributed by atoms with Gasteiger partial charge in [0.15, 0.2) is 11.6 Å². The maximum absolute atomic E-state index is 13.8. The standard InChI is InChI=1S/C14H20F3NO2S/c1-9(18-21(19)14(2,3)4)10-5-6-12(11(15)7-10)20-8-13(16)17/h5-7,9,13,18H,8H2,1-4H3. The number of alkyl halides is 2. The van der Waals surface area contributed by atoms with Crippen LogP contribution in [0, 0.1) is 5.82 Å². The molecule has 7 heteroatoms. The number of nitrogens with one attached hydrogen (secondary N) is 1. The van der Waals surface area contributed by atoms with Gasteiger partial charge in [-0.3, -0.25) is 0 Å². The van der Waals surface area contributed by atoms with E-state index in [2.05, 4.69) is 9.46 Å². The minimum absolute atomic E-state index is 0.219. The van der Waals surface area contributed by atoms with E-state index in [1.54, 1.807) is 13.0 Å². The summed E-state index contributed by atoms with van der Waals surface area (Å²) in [7, 11) is 0. The molecule has 0 aromatic heterocycles. The van der Waals surface area contributed by atoms with E-state index in [-0.39, 0.29) is 11.8 Å². The Bertz CT molecular complexity index is 466. The molecule has 2 unspecified atom stereocenters. The minimum Gasteiger partial charge on any atom is -0.598 e. The SMILES string of the molecule is CC(N[S+]([O-])C(C)(C)C)c1ccc(OCC(F)F)c(F)c1. The Hall–Kier alpha value is -0.920. The number of ether oxygens (including phenoxy) is 1. The molecule has 0 bridgehead atoms. The molecule has 21 heavy (non-hydrogen) atoms. The Morgan fingerprint density at radius 3 is 2.43 bits per heavy atom. The van der Waals surface area contributed by atoms with Gasteiger partial charge in [0.25, 0.3) is 6.43 Å². The van der Waals surface area contributed by atoms with Crippen LogP contribution in [0.1, 0.15) is 39.3 Å². The first-order valence-corrected chi connectivity index (χ1v) is 7.64. The highest BCUT2D eigenvalue weighted by atomic mass is 32.2. The fourth-order valence-corrected chi connectivity index (χ4v) is 2.27. The fraction of sp³-hybridized carbons (Fsp3) is 0.571. The van der Waals surface area contributed by atoms with Gasteiger partial charge in [0.2, 0.25) is 0 Å². The first kappa shape index (κ1) is 18.1. The highest BCUT2D eigenvalue weighted by molar-refractivity contribution is 7.90. The predicted molar refractivity (Wildman–Crippen MR) is 77.3 cm³/mol. The van der Waals surface area contributed by atoms with Gasteiger partial charge in [0, 0.05) is 11.4 Å². The Labute approximate surface area is 126 Å². The van der Waals surface area contributed by atoms with Gasteiger partial charge in [-0.15, -0.1) is 4.72 Å². The molecule has 0 amide bonds. The zero-order valence-corrected chi connectivity index (χ0v) is 13.3. The molecule has 0 radical (unpaired) electrons. The van der Waals surface area contributed by atoms with Gasteiger partial charge >= 0.3 is 0 Å². The van der Waals surface area contributed by atoms with Crippen LogP contribution in [0.25, 0.3) is 0 Å². The van der Waals surface area contributed by atoms with Crippen LogP contribution in [0.5, 0.6) is 5.75 Å². The van der Waals surface area contributed by atoms with Crippen LogP contribution in [0.2, 0.25) is 0 Å². The smallest absolute Gasteiger partial charge is 0.272 e. The molecular weight excluding hydrogens is 303 g/mol. The molecule has 1 aromatic rings. The molecule has 0 aliphatic rings. The molecular formula is C14H20F3NO2S. The van der Waals surface area contributed by atoms with Crippen molar-refractivity contribution >= 4 is 11.4 Å². The second kappa shape index (κ2) is 7.38. The maximum Gasteiger partial charge on any atom is 0.272 e. The molecule has 0 saturated carbocycles. The van der Waals surface area contributed by atoms with E-state index in [0.29, 0.717) is 5.56 Å². The predicted octanol–water partition coefficient (Wildman–Crippen LogP) is 3.58. The number of benzene rings is 1. The minimum atomic E-state index is -2.65. The molecule has 120 valence electrons. The number of rotatable bonds is 6. The molecule has 1 rings (SSSR count). The third-order valence-corrected chi connectivity index (χ3v) is 4.34. The fourth-order valence-electron chi connectivity index (χ4n) is 1.46. The first-order chi connectivity index (χ1) is 9.61. The third kappa shape index (κ3) is 5.76. The lowest BCUT2D eigenvalue weighted by molar-refractivity contribution is 0.0799.